The van der Waals surface area contributed by atoms with E-state index in [2.05, 4.69) is 61.9 Å². The molecule has 0 unspecified atom stereocenters. The predicted octanol–water partition coefficient (Wildman–Crippen LogP) is 2.61. The Morgan fingerprint density at radius 2 is 1.60 bits per heavy atom. The molecule has 1 fully saturated rings. The van der Waals surface area contributed by atoms with Crippen molar-refractivity contribution in [3.05, 3.63) is 29.8 Å². The number of likely N-dealkylation sites (N-methyl/N-ethyl adjacent to an activating group) is 1. The molecule has 1 saturated heterocycles. The largest absolute Gasteiger partial charge is 0.492 e. The molecule has 0 saturated carbocycles. The van der Waals surface area contributed by atoms with E-state index in [1.165, 1.54) is 18.7 Å². The third-order valence-electron chi connectivity index (χ3n) is 3.99. The zero-order chi connectivity index (χ0) is 14.6. The van der Waals surface area contributed by atoms with Gasteiger partial charge in [0.15, 0.2) is 0 Å². The fourth-order valence-corrected chi connectivity index (χ4v) is 2.42. The van der Waals surface area contributed by atoms with E-state index >= 15 is 0 Å². The van der Waals surface area contributed by atoms with Crippen LogP contribution in [0.4, 0.5) is 0 Å². The summed E-state index contributed by atoms with van der Waals surface area (Å²) in [5.41, 5.74) is 1.56. The summed E-state index contributed by atoms with van der Waals surface area (Å²) in [6.45, 7) is 13.1. The van der Waals surface area contributed by atoms with Crippen LogP contribution in [0.5, 0.6) is 5.75 Å². The lowest BCUT2D eigenvalue weighted by molar-refractivity contribution is 0.133. The molecule has 1 heterocycles. The van der Waals surface area contributed by atoms with Gasteiger partial charge in [-0.25, -0.2) is 0 Å². The molecule has 0 bridgehead atoms. The van der Waals surface area contributed by atoms with Crippen LogP contribution in [0, 0.1) is 0 Å². The molecular weight excluding hydrogens is 248 g/mol. The van der Waals surface area contributed by atoms with Crippen molar-refractivity contribution < 1.29 is 4.74 Å². The van der Waals surface area contributed by atoms with Gasteiger partial charge < -0.3 is 9.64 Å². The molecular formula is C17H28N2O. The molecule has 1 aromatic rings. The molecule has 0 atom stereocenters. The van der Waals surface area contributed by atoms with E-state index in [4.69, 9.17) is 4.74 Å². The van der Waals surface area contributed by atoms with Crippen LogP contribution >= 0.6 is 0 Å². The lowest BCUT2D eigenvalue weighted by Gasteiger charge is -2.32. The van der Waals surface area contributed by atoms with Crippen molar-refractivity contribution in [2.75, 3.05) is 46.4 Å². The van der Waals surface area contributed by atoms with Gasteiger partial charge in [-0.2, -0.15) is 0 Å². The first-order valence-corrected chi connectivity index (χ1v) is 7.59. The highest BCUT2D eigenvalue weighted by Crippen LogP contribution is 2.24. The second-order valence-corrected chi connectivity index (χ2v) is 6.77. The Morgan fingerprint density at radius 1 is 1.00 bits per heavy atom. The number of rotatable bonds is 4. The van der Waals surface area contributed by atoms with Crippen LogP contribution in [-0.2, 0) is 5.41 Å². The maximum atomic E-state index is 5.85. The predicted molar refractivity (Wildman–Crippen MR) is 84.6 cm³/mol. The molecule has 112 valence electrons. The standard InChI is InChI=1S/C17H28N2O/c1-17(2,3)15-5-7-16(8-6-15)20-14-13-19-11-9-18(4)10-12-19/h5-8H,9-14H2,1-4H3. The number of piperazine rings is 1. The molecule has 0 spiro atoms. The van der Waals surface area contributed by atoms with Crippen molar-refractivity contribution in [3.63, 3.8) is 0 Å². The van der Waals surface area contributed by atoms with Gasteiger partial charge in [-0.05, 0) is 30.2 Å². The Balaban J connectivity index is 1.74. The summed E-state index contributed by atoms with van der Waals surface area (Å²) in [5, 5.41) is 0. The molecule has 1 aliphatic heterocycles. The lowest BCUT2D eigenvalue weighted by atomic mass is 9.87. The van der Waals surface area contributed by atoms with Crippen LogP contribution in [0.1, 0.15) is 26.3 Å². The molecule has 0 radical (unpaired) electrons. The highest BCUT2D eigenvalue weighted by molar-refractivity contribution is 5.31. The molecule has 3 nitrogen and oxygen atoms in total. The first-order valence-electron chi connectivity index (χ1n) is 7.59. The molecule has 0 amide bonds. The molecule has 0 aliphatic carbocycles. The first kappa shape index (κ1) is 15.3. The highest BCUT2D eigenvalue weighted by atomic mass is 16.5. The van der Waals surface area contributed by atoms with Crippen LogP contribution in [0.2, 0.25) is 0 Å². The highest BCUT2D eigenvalue weighted by Gasteiger charge is 2.14. The van der Waals surface area contributed by atoms with Gasteiger partial charge in [0.05, 0.1) is 0 Å². The second-order valence-electron chi connectivity index (χ2n) is 6.77. The van der Waals surface area contributed by atoms with E-state index in [-0.39, 0.29) is 5.41 Å². The zero-order valence-electron chi connectivity index (χ0n) is 13.4. The van der Waals surface area contributed by atoms with E-state index in [9.17, 15) is 0 Å². The number of nitrogens with zero attached hydrogens (tertiary/aromatic N) is 2. The van der Waals surface area contributed by atoms with Gasteiger partial charge in [-0.1, -0.05) is 32.9 Å². The van der Waals surface area contributed by atoms with Crippen LogP contribution in [-0.4, -0.2) is 56.2 Å². The van der Waals surface area contributed by atoms with Gasteiger partial charge in [-0.3, -0.25) is 4.90 Å². The third kappa shape index (κ3) is 4.50. The number of benzene rings is 1. The third-order valence-corrected chi connectivity index (χ3v) is 3.99. The molecule has 3 heteroatoms. The Labute approximate surface area is 123 Å². The van der Waals surface area contributed by atoms with Crippen molar-refractivity contribution >= 4 is 0 Å². The van der Waals surface area contributed by atoms with Gasteiger partial charge in [0.2, 0.25) is 0 Å². The molecule has 0 aromatic heterocycles. The maximum Gasteiger partial charge on any atom is 0.119 e. The van der Waals surface area contributed by atoms with Crippen LogP contribution in [0.15, 0.2) is 24.3 Å². The Bertz CT molecular complexity index is 400. The topological polar surface area (TPSA) is 15.7 Å². The van der Waals surface area contributed by atoms with Crippen molar-refractivity contribution in [3.8, 4) is 5.75 Å². The fraction of sp³-hybridized carbons (Fsp3) is 0.647. The van der Waals surface area contributed by atoms with Crippen molar-refractivity contribution in [1.82, 2.24) is 9.80 Å². The summed E-state index contributed by atoms with van der Waals surface area (Å²) in [4.78, 5) is 4.85. The molecule has 0 N–H and O–H groups in total. The van der Waals surface area contributed by atoms with Crippen molar-refractivity contribution in [1.29, 1.82) is 0 Å². The average molecular weight is 276 g/mol. The fourth-order valence-electron chi connectivity index (χ4n) is 2.42. The summed E-state index contributed by atoms with van der Waals surface area (Å²) in [7, 11) is 2.19. The lowest BCUT2D eigenvalue weighted by Crippen LogP contribution is -2.45. The SMILES string of the molecule is CN1CCN(CCOc2ccc(C(C)(C)C)cc2)CC1. The molecule has 2 rings (SSSR count). The minimum atomic E-state index is 0.207. The Hall–Kier alpha value is -1.06. The number of hydrogen-bond donors (Lipinski definition) is 0. The summed E-state index contributed by atoms with van der Waals surface area (Å²) in [6, 6.07) is 8.52. The summed E-state index contributed by atoms with van der Waals surface area (Å²) < 4.78 is 5.85. The quantitative estimate of drug-likeness (QED) is 0.841. The normalized spacial score (nSPS) is 18.2. The van der Waals surface area contributed by atoms with Crippen LogP contribution in [0.3, 0.4) is 0 Å². The molecule has 20 heavy (non-hydrogen) atoms. The van der Waals surface area contributed by atoms with Crippen LogP contribution in [0.25, 0.3) is 0 Å². The zero-order valence-corrected chi connectivity index (χ0v) is 13.4. The van der Waals surface area contributed by atoms with Gasteiger partial charge >= 0.3 is 0 Å². The van der Waals surface area contributed by atoms with E-state index in [1.54, 1.807) is 0 Å². The van der Waals surface area contributed by atoms with E-state index in [0.29, 0.717) is 0 Å². The van der Waals surface area contributed by atoms with E-state index in [0.717, 1.165) is 32.0 Å². The minimum Gasteiger partial charge on any atom is -0.492 e. The number of hydrogen-bond acceptors (Lipinski definition) is 3. The van der Waals surface area contributed by atoms with Crippen molar-refractivity contribution in [2.24, 2.45) is 0 Å². The smallest absolute Gasteiger partial charge is 0.119 e. The maximum absolute atomic E-state index is 5.85. The minimum absolute atomic E-state index is 0.207. The van der Waals surface area contributed by atoms with E-state index < -0.39 is 0 Å². The summed E-state index contributed by atoms with van der Waals surface area (Å²) >= 11 is 0. The van der Waals surface area contributed by atoms with Gasteiger partial charge in [-0.15, -0.1) is 0 Å². The van der Waals surface area contributed by atoms with Gasteiger partial charge in [0, 0.05) is 32.7 Å². The van der Waals surface area contributed by atoms with Crippen molar-refractivity contribution in [2.45, 2.75) is 26.2 Å². The Morgan fingerprint density at radius 3 is 2.15 bits per heavy atom. The Kier molecular flexibility index (Phi) is 5.06. The second kappa shape index (κ2) is 6.59. The van der Waals surface area contributed by atoms with E-state index in [1.807, 2.05) is 0 Å². The van der Waals surface area contributed by atoms with Crippen LogP contribution < -0.4 is 4.74 Å². The van der Waals surface area contributed by atoms with Gasteiger partial charge in [0.25, 0.3) is 0 Å². The summed E-state index contributed by atoms with van der Waals surface area (Å²) in [6.07, 6.45) is 0. The average Bonchev–Trinajstić information content (AvgIpc) is 2.41. The molecule has 1 aliphatic rings. The van der Waals surface area contributed by atoms with Gasteiger partial charge in [0.1, 0.15) is 12.4 Å². The monoisotopic (exact) mass is 276 g/mol. The number of ether oxygens (including phenoxy) is 1. The first-order chi connectivity index (χ1) is 9.45. The molecule has 1 aromatic carbocycles. The summed E-state index contributed by atoms with van der Waals surface area (Å²) in [5.74, 6) is 0.979.